The van der Waals surface area contributed by atoms with Crippen LogP contribution in [0.25, 0.3) is 0 Å². The van der Waals surface area contributed by atoms with Gasteiger partial charge in [0, 0.05) is 18.7 Å². The second-order valence-electron chi connectivity index (χ2n) is 6.52. The standard InChI is InChI=1S/C19H24N4O3S/c1-3-26-18(25)14-8-10-15(11-9-14)20-16(24)12-27-19-22-21-17(23(19)2)13-6-4-5-7-13/h8-11,13H,3-7,12H2,1-2H3,(H,20,24). The Morgan fingerprint density at radius 3 is 2.59 bits per heavy atom. The maximum absolute atomic E-state index is 12.2. The van der Waals surface area contributed by atoms with Crippen LogP contribution in [0.1, 0.15) is 54.7 Å². The lowest BCUT2D eigenvalue weighted by molar-refractivity contribution is -0.113. The van der Waals surface area contributed by atoms with Crippen LogP contribution in [0.15, 0.2) is 29.4 Å². The molecule has 1 fully saturated rings. The predicted octanol–water partition coefficient (Wildman–Crippen LogP) is 3.38. The Morgan fingerprint density at radius 1 is 1.22 bits per heavy atom. The van der Waals surface area contributed by atoms with Crippen LogP contribution in [0.3, 0.4) is 0 Å². The molecule has 0 atom stereocenters. The highest BCUT2D eigenvalue weighted by Crippen LogP contribution is 2.33. The van der Waals surface area contributed by atoms with Crippen LogP contribution in [0.5, 0.6) is 0 Å². The summed E-state index contributed by atoms with van der Waals surface area (Å²) >= 11 is 1.37. The molecular weight excluding hydrogens is 364 g/mol. The summed E-state index contributed by atoms with van der Waals surface area (Å²) in [4.78, 5) is 23.8. The van der Waals surface area contributed by atoms with Gasteiger partial charge in [-0.2, -0.15) is 0 Å². The van der Waals surface area contributed by atoms with Crippen LogP contribution in [0.4, 0.5) is 5.69 Å². The normalized spacial score (nSPS) is 14.3. The van der Waals surface area contributed by atoms with Gasteiger partial charge in [-0.3, -0.25) is 4.79 Å². The Balaban J connectivity index is 1.52. The molecule has 144 valence electrons. The Labute approximate surface area is 162 Å². The molecule has 0 spiro atoms. The maximum Gasteiger partial charge on any atom is 0.338 e. The molecule has 1 aromatic carbocycles. The van der Waals surface area contributed by atoms with E-state index in [0.717, 1.165) is 11.0 Å². The molecule has 1 heterocycles. The van der Waals surface area contributed by atoms with Crippen LogP contribution in [0.2, 0.25) is 0 Å². The summed E-state index contributed by atoms with van der Waals surface area (Å²) in [6.45, 7) is 2.09. The van der Waals surface area contributed by atoms with Crippen molar-refractivity contribution < 1.29 is 14.3 Å². The molecule has 3 rings (SSSR count). The number of carbonyl (C=O) groups excluding carboxylic acids is 2. The Hall–Kier alpha value is -2.35. The second kappa shape index (κ2) is 9.03. The number of benzene rings is 1. The quantitative estimate of drug-likeness (QED) is 0.578. The van der Waals surface area contributed by atoms with Crippen LogP contribution in [0, 0.1) is 0 Å². The van der Waals surface area contributed by atoms with Crippen molar-refractivity contribution in [2.75, 3.05) is 17.7 Å². The highest BCUT2D eigenvalue weighted by molar-refractivity contribution is 7.99. The topological polar surface area (TPSA) is 86.1 Å². The first-order valence-corrected chi connectivity index (χ1v) is 10.2. The number of amides is 1. The van der Waals surface area contributed by atoms with E-state index in [4.69, 9.17) is 4.74 Å². The zero-order valence-electron chi connectivity index (χ0n) is 15.6. The van der Waals surface area contributed by atoms with Gasteiger partial charge in [0.1, 0.15) is 5.82 Å². The molecule has 0 radical (unpaired) electrons. The number of hydrogen-bond donors (Lipinski definition) is 1. The second-order valence-corrected chi connectivity index (χ2v) is 7.46. The molecule has 8 heteroatoms. The fourth-order valence-electron chi connectivity index (χ4n) is 3.22. The lowest BCUT2D eigenvalue weighted by Gasteiger charge is -2.09. The maximum atomic E-state index is 12.2. The number of esters is 1. The van der Waals surface area contributed by atoms with E-state index in [9.17, 15) is 9.59 Å². The molecule has 1 saturated carbocycles. The van der Waals surface area contributed by atoms with Crippen molar-refractivity contribution in [1.82, 2.24) is 14.8 Å². The van der Waals surface area contributed by atoms with Gasteiger partial charge in [-0.05, 0) is 44.0 Å². The number of rotatable bonds is 7. The molecule has 0 saturated heterocycles. The summed E-state index contributed by atoms with van der Waals surface area (Å²) in [6.07, 6.45) is 4.83. The minimum atomic E-state index is -0.369. The first-order chi connectivity index (χ1) is 13.1. The van der Waals surface area contributed by atoms with Crippen LogP contribution in [-0.4, -0.2) is 39.0 Å². The molecule has 1 N–H and O–H groups in total. The zero-order valence-corrected chi connectivity index (χ0v) is 16.4. The van der Waals surface area contributed by atoms with E-state index in [-0.39, 0.29) is 17.6 Å². The first kappa shape index (κ1) is 19.4. The summed E-state index contributed by atoms with van der Waals surface area (Å²) in [5, 5.41) is 12.1. The van der Waals surface area contributed by atoms with E-state index in [0.29, 0.717) is 23.8 Å². The zero-order chi connectivity index (χ0) is 19.2. The number of carbonyl (C=O) groups is 2. The van der Waals surface area contributed by atoms with Crippen molar-refractivity contribution in [2.45, 2.75) is 43.7 Å². The number of thioether (sulfide) groups is 1. The molecule has 7 nitrogen and oxygen atoms in total. The molecule has 1 aliphatic carbocycles. The van der Waals surface area contributed by atoms with Crippen molar-refractivity contribution in [3.63, 3.8) is 0 Å². The van der Waals surface area contributed by atoms with E-state index in [1.165, 1.54) is 37.4 Å². The molecule has 2 aromatic rings. The SMILES string of the molecule is CCOC(=O)c1ccc(NC(=O)CSc2nnc(C3CCCC3)n2C)cc1. The largest absolute Gasteiger partial charge is 0.462 e. The third-order valence-corrected chi connectivity index (χ3v) is 5.62. The van der Waals surface area contributed by atoms with Crippen molar-refractivity contribution in [3.05, 3.63) is 35.7 Å². The third-order valence-electron chi connectivity index (χ3n) is 4.60. The van der Waals surface area contributed by atoms with Crippen molar-refractivity contribution in [2.24, 2.45) is 7.05 Å². The summed E-state index contributed by atoms with van der Waals surface area (Å²) < 4.78 is 6.94. The molecule has 0 aliphatic heterocycles. The molecule has 0 unspecified atom stereocenters. The van der Waals surface area contributed by atoms with Crippen LogP contribution < -0.4 is 5.32 Å². The minimum absolute atomic E-state index is 0.130. The lowest BCUT2D eigenvalue weighted by atomic mass is 10.1. The summed E-state index contributed by atoms with van der Waals surface area (Å²) in [7, 11) is 1.96. The number of hydrogen-bond acceptors (Lipinski definition) is 6. The van der Waals surface area contributed by atoms with Gasteiger partial charge in [-0.15, -0.1) is 10.2 Å². The molecular formula is C19H24N4O3S. The van der Waals surface area contributed by atoms with Gasteiger partial charge in [0.15, 0.2) is 5.16 Å². The average molecular weight is 388 g/mol. The number of anilines is 1. The summed E-state index contributed by atoms with van der Waals surface area (Å²) in [5.74, 6) is 1.25. The van der Waals surface area contributed by atoms with Gasteiger partial charge < -0.3 is 14.6 Å². The van der Waals surface area contributed by atoms with Crippen molar-refractivity contribution in [1.29, 1.82) is 0 Å². The highest BCUT2D eigenvalue weighted by Gasteiger charge is 2.23. The van der Waals surface area contributed by atoms with Gasteiger partial charge >= 0.3 is 5.97 Å². The highest BCUT2D eigenvalue weighted by atomic mass is 32.2. The smallest absolute Gasteiger partial charge is 0.338 e. The van der Waals surface area contributed by atoms with E-state index in [1.54, 1.807) is 31.2 Å². The minimum Gasteiger partial charge on any atom is -0.462 e. The number of ether oxygens (including phenoxy) is 1. The summed E-state index contributed by atoms with van der Waals surface area (Å²) in [5.41, 5.74) is 1.10. The fraction of sp³-hybridized carbons (Fsp3) is 0.474. The molecule has 27 heavy (non-hydrogen) atoms. The lowest BCUT2D eigenvalue weighted by Crippen LogP contribution is -2.15. The predicted molar refractivity (Wildman–Crippen MR) is 104 cm³/mol. The van der Waals surface area contributed by atoms with Gasteiger partial charge in [0.2, 0.25) is 5.91 Å². The van der Waals surface area contributed by atoms with Crippen LogP contribution >= 0.6 is 11.8 Å². The Kier molecular flexibility index (Phi) is 6.49. The molecule has 1 amide bonds. The number of nitrogens with zero attached hydrogens (tertiary/aromatic N) is 3. The monoisotopic (exact) mass is 388 g/mol. The van der Waals surface area contributed by atoms with Crippen molar-refractivity contribution in [3.8, 4) is 0 Å². The molecule has 1 aromatic heterocycles. The third kappa shape index (κ3) is 4.88. The number of aromatic nitrogens is 3. The van der Waals surface area contributed by atoms with Gasteiger partial charge in [-0.25, -0.2) is 4.79 Å². The summed E-state index contributed by atoms with van der Waals surface area (Å²) in [6, 6.07) is 6.65. The van der Waals surface area contributed by atoms with Gasteiger partial charge in [0.05, 0.1) is 17.9 Å². The average Bonchev–Trinajstić information content (AvgIpc) is 3.30. The van der Waals surface area contributed by atoms with Gasteiger partial charge in [0.25, 0.3) is 0 Å². The molecule has 0 bridgehead atoms. The van der Waals surface area contributed by atoms with E-state index in [1.807, 2.05) is 11.6 Å². The number of nitrogens with one attached hydrogen (secondary N) is 1. The molecule has 1 aliphatic rings. The van der Waals surface area contributed by atoms with E-state index < -0.39 is 0 Å². The first-order valence-electron chi connectivity index (χ1n) is 9.17. The van der Waals surface area contributed by atoms with E-state index in [2.05, 4.69) is 15.5 Å². The fourth-order valence-corrected chi connectivity index (χ4v) is 3.94. The van der Waals surface area contributed by atoms with Gasteiger partial charge in [-0.1, -0.05) is 24.6 Å². The Morgan fingerprint density at radius 2 is 1.93 bits per heavy atom. The van der Waals surface area contributed by atoms with Crippen LogP contribution in [-0.2, 0) is 16.6 Å². The Bertz CT molecular complexity index is 798. The van der Waals surface area contributed by atoms with E-state index >= 15 is 0 Å². The van der Waals surface area contributed by atoms with Crippen molar-refractivity contribution >= 4 is 29.3 Å².